The Morgan fingerprint density at radius 1 is 1.21 bits per heavy atom. The van der Waals surface area contributed by atoms with E-state index in [1.54, 1.807) is 31.2 Å². The van der Waals surface area contributed by atoms with Crippen molar-refractivity contribution in [3.05, 3.63) is 47.1 Å². The molecule has 3 amide bonds. The highest BCUT2D eigenvalue weighted by atomic mass is 16.5. The van der Waals surface area contributed by atoms with Gasteiger partial charge in [-0.1, -0.05) is 30.1 Å². The first-order valence-electron chi connectivity index (χ1n) is 9.60. The van der Waals surface area contributed by atoms with Crippen molar-refractivity contribution in [2.24, 2.45) is 0 Å². The maximum atomic E-state index is 12.5. The van der Waals surface area contributed by atoms with Crippen LogP contribution in [0.25, 0.3) is 0 Å². The number of amides is 3. The van der Waals surface area contributed by atoms with Gasteiger partial charge >= 0.3 is 0 Å². The third-order valence-corrected chi connectivity index (χ3v) is 5.38. The first-order valence-corrected chi connectivity index (χ1v) is 9.60. The topological polar surface area (TPSA) is 105 Å². The van der Waals surface area contributed by atoms with Gasteiger partial charge in [-0.15, -0.1) is 0 Å². The zero-order valence-corrected chi connectivity index (χ0v) is 15.7. The van der Waals surface area contributed by atoms with Crippen LogP contribution in [0.15, 0.2) is 28.8 Å². The summed E-state index contributed by atoms with van der Waals surface area (Å²) in [6, 6.07) is 6.14. The van der Waals surface area contributed by atoms with Crippen LogP contribution in [0.1, 0.15) is 77.4 Å². The van der Waals surface area contributed by atoms with Gasteiger partial charge in [0.15, 0.2) is 5.82 Å². The molecule has 8 heteroatoms. The maximum Gasteiger partial charge on any atom is 0.261 e. The Hall–Kier alpha value is -3.03. The lowest BCUT2D eigenvalue weighted by Crippen LogP contribution is -2.41. The smallest absolute Gasteiger partial charge is 0.261 e. The summed E-state index contributed by atoms with van der Waals surface area (Å²) >= 11 is 0. The molecule has 2 heterocycles. The lowest BCUT2D eigenvalue weighted by molar-refractivity contribution is -0.122. The minimum Gasteiger partial charge on any atom is -0.349 e. The van der Waals surface area contributed by atoms with Gasteiger partial charge in [-0.05, 0) is 31.9 Å². The second kappa shape index (κ2) is 7.53. The fourth-order valence-electron chi connectivity index (χ4n) is 3.90. The van der Waals surface area contributed by atoms with Gasteiger partial charge in [0.2, 0.25) is 11.8 Å². The molecule has 146 valence electrons. The van der Waals surface area contributed by atoms with E-state index >= 15 is 0 Å². The van der Waals surface area contributed by atoms with Crippen LogP contribution in [0.5, 0.6) is 0 Å². The number of hydrogen-bond acceptors (Lipinski definition) is 6. The summed E-state index contributed by atoms with van der Waals surface area (Å²) in [6.07, 6.45) is 4.49. The van der Waals surface area contributed by atoms with Gasteiger partial charge < -0.3 is 9.84 Å². The molecule has 1 aromatic heterocycles. The molecule has 1 fully saturated rings. The fraction of sp³-hybridized carbons (Fsp3) is 0.450. The molecule has 1 atom stereocenters. The van der Waals surface area contributed by atoms with Crippen LogP contribution in [-0.2, 0) is 11.3 Å². The van der Waals surface area contributed by atoms with E-state index in [4.69, 9.17) is 4.52 Å². The standard InChI is InChI=1S/C20H22N4O4/c1-12(24-19(26)14-8-4-5-9-15(14)20(24)27)10-17(25)21-11-16-22-18(28-23-16)13-6-2-3-7-13/h4-5,8-9,12-13H,2-3,6-7,10-11H2,1H3,(H,21,25). The molecule has 2 aliphatic rings. The Morgan fingerprint density at radius 2 is 1.86 bits per heavy atom. The zero-order chi connectivity index (χ0) is 19.7. The summed E-state index contributed by atoms with van der Waals surface area (Å²) in [5.41, 5.74) is 0.761. The molecule has 2 aromatic rings. The summed E-state index contributed by atoms with van der Waals surface area (Å²) < 4.78 is 5.30. The van der Waals surface area contributed by atoms with Crippen molar-refractivity contribution < 1.29 is 18.9 Å². The Balaban J connectivity index is 1.32. The van der Waals surface area contributed by atoms with Gasteiger partial charge in [-0.25, -0.2) is 0 Å². The van der Waals surface area contributed by atoms with Crippen molar-refractivity contribution >= 4 is 17.7 Å². The number of fused-ring (bicyclic) bond motifs is 1. The van der Waals surface area contributed by atoms with E-state index in [2.05, 4.69) is 15.5 Å². The molecule has 0 spiro atoms. The van der Waals surface area contributed by atoms with Gasteiger partial charge in [0.25, 0.3) is 11.8 Å². The van der Waals surface area contributed by atoms with Crippen LogP contribution in [-0.4, -0.2) is 38.8 Å². The molecule has 4 rings (SSSR count). The quantitative estimate of drug-likeness (QED) is 0.769. The van der Waals surface area contributed by atoms with Gasteiger partial charge in [-0.3, -0.25) is 19.3 Å². The maximum absolute atomic E-state index is 12.5. The third-order valence-electron chi connectivity index (χ3n) is 5.38. The Labute approximate surface area is 162 Å². The van der Waals surface area contributed by atoms with Crippen molar-refractivity contribution in [1.29, 1.82) is 0 Å². The minimum atomic E-state index is -0.549. The van der Waals surface area contributed by atoms with Gasteiger partial charge in [0.05, 0.1) is 17.7 Å². The number of nitrogens with one attached hydrogen (secondary N) is 1. The summed E-state index contributed by atoms with van der Waals surface area (Å²) in [5.74, 6) is 0.396. The average molecular weight is 382 g/mol. The predicted molar refractivity (Wildman–Crippen MR) is 98.4 cm³/mol. The molecule has 0 saturated heterocycles. The largest absolute Gasteiger partial charge is 0.349 e. The van der Waals surface area contributed by atoms with E-state index in [1.807, 2.05) is 0 Å². The molecule has 28 heavy (non-hydrogen) atoms. The van der Waals surface area contributed by atoms with E-state index in [1.165, 1.54) is 12.8 Å². The van der Waals surface area contributed by atoms with E-state index in [-0.39, 0.29) is 30.7 Å². The molecule has 0 bridgehead atoms. The number of nitrogens with zero attached hydrogens (tertiary/aromatic N) is 3. The van der Waals surface area contributed by atoms with Crippen LogP contribution >= 0.6 is 0 Å². The van der Waals surface area contributed by atoms with Crippen LogP contribution in [0.4, 0.5) is 0 Å². The second-order valence-corrected chi connectivity index (χ2v) is 7.39. The Morgan fingerprint density at radius 3 is 2.50 bits per heavy atom. The molecule has 0 radical (unpaired) electrons. The predicted octanol–water partition coefficient (Wildman–Crippen LogP) is 2.42. The molecule has 1 aliphatic heterocycles. The summed E-state index contributed by atoms with van der Waals surface area (Å²) in [4.78, 5) is 42.8. The van der Waals surface area contributed by atoms with Crippen molar-refractivity contribution in [1.82, 2.24) is 20.4 Å². The molecule has 1 unspecified atom stereocenters. The molecule has 1 aliphatic carbocycles. The summed E-state index contributed by atoms with van der Waals surface area (Å²) in [7, 11) is 0. The highest BCUT2D eigenvalue weighted by Gasteiger charge is 2.38. The summed E-state index contributed by atoms with van der Waals surface area (Å²) in [5, 5.41) is 6.66. The fourth-order valence-corrected chi connectivity index (χ4v) is 3.90. The minimum absolute atomic E-state index is 0.0127. The highest BCUT2D eigenvalue weighted by Crippen LogP contribution is 2.32. The van der Waals surface area contributed by atoms with E-state index in [0.29, 0.717) is 28.8 Å². The molecule has 1 N–H and O–H groups in total. The first-order chi connectivity index (χ1) is 13.5. The molecular formula is C20H22N4O4. The lowest BCUT2D eigenvalue weighted by atomic mass is 10.1. The van der Waals surface area contributed by atoms with Gasteiger partial charge in [0, 0.05) is 18.4 Å². The number of imide groups is 1. The first kappa shape index (κ1) is 18.3. The van der Waals surface area contributed by atoms with Crippen LogP contribution in [0.3, 0.4) is 0 Å². The van der Waals surface area contributed by atoms with Crippen molar-refractivity contribution in [2.75, 3.05) is 0 Å². The normalized spacial score (nSPS) is 17.8. The third kappa shape index (κ3) is 3.42. The number of benzene rings is 1. The molecule has 1 aromatic carbocycles. The van der Waals surface area contributed by atoms with Crippen LogP contribution in [0.2, 0.25) is 0 Å². The van der Waals surface area contributed by atoms with Crippen LogP contribution < -0.4 is 5.32 Å². The Kier molecular flexibility index (Phi) is 4.93. The van der Waals surface area contributed by atoms with Crippen molar-refractivity contribution in [3.63, 3.8) is 0 Å². The summed E-state index contributed by atoms with van der Waals surface area (Å²) in [6.45, 7) is 1.84. The number of rotatable bonds is 6. The molecular weight excluding hydrogens is 360 g/mol. The van der Waals surface area contributed by atoms with Crippen molar-refractivity contribution in [2.45, 2.75) is 57.5 Å². The Bertz CT molecular complexity index is 881. The monoisotopic (exact) mass is 382 g/mol. The van der Waals surface area contributed by atoms with E-state index < -0.39 is 6.04 Å². The van der Waals surface area contributed by atoms with E-state index in [9.17, 15) is 14.4 Å². The highest BCUT2D eigenvalue weighted by molar-refractivity contribution is 6.21. The number of hydrogen-bond donors (Lipinski definition) is 1. The molecule has 8 nitrogen and oxygen atoms in total. The number of aromatic nitrogens is 2. The molecule has 1 saturated carbocycles. The van der Waals surface area contributed by atoms with Crippen LogP contribution in [0, 0.1) is 0 Å². The van der Waals surface area contributed by atoms with Crippen molar-refractivity contribution in [3.8, 4) is 0 Å². The van der Waals surface area contributed by atoms with Gasteiger partial charge in [0.1, 0.15) is 0 Å². The lowest BCUT2D eigenvalue weighted by Gasteiger charge is -2.21. The zero-order valence-electron chi connectivity index (χ0n) is 15.7. The second-order valence-electron chi connectivity index (χ2n) is 7.39. The number of carbonyl (C=O) groups is 3. The van der Waals surface area contributed by atoms with E-state index in [0.717, 1.165) is 17.7 Å². The van der Waals surface area contributed by atoms with Gasteiger partial charge in [-0.2, -0.15) is 4.98 Å². The average Bonchev–Trinajstić information content (AvgIpc) is 3.41. The SMILES string of the molecule is CC(CC(=O)NCc1noc(C2CCCC2)n1)N1C(=O)c2ccccc2C1=O. The number of carbonyl (C=O) groups excluding carboxylic acids is 3.